The number of hydrogen-bond donors (Lipinski definition) is 3. The Morgan fingerprint density at radius 1 is 1.14 bits per heavy atom. The maximum Gasteiger partial charge on any atom is 0.274 e. The van der Waals surface area contributed by atoms with E-state index in [2.05, 4.69) is 27.1 Å². The predicted molar refractivity (Wildman–Crippen MR) is 122 cm³/mol. The number of nitrogens with zero attached hydrogens (tertiary/aromatic N) is 3. The molecule has 0 aliphatic carbocycles. The molecule has 0 amide bonds. The third-order valence-electron chi connectivity index (χ3n) is 5.96. The van der Waals surface area contributed by atoms with E-state index in [4.69, 9.17) is 11.5 Å². The highest BCUT2D eigenvalue weighted by Crippen LogP contribution is 2.30. The molecule has 2 heterocycles. The maximum absolute atomic E-state index is 11.2. The van der Waals surface area contributed by atoms with Gasteiger partial charge in [-0.3, -0.25) is 9.57 Å². The molecule has 2 aliphatic rings. The highest BCUT2D eigenvalue weighted by atomic mass is 16.3. The van der Waals surface area contributed by atoms with E-state index in [0.717, 1.165) is 64.6 Å². The standard InChI is InChI=1S/C23H42N5O/c1-2-3-4-5-6-7-8-10-15-23(29)16-14-21-27(19-13-20-28(21)23)18-12-9-11-17-26-22(24)25/h2,14,16,29H,1,3-13,15,17-20H2,(H4,24,25,26)/q+1. The second-order valence-corrected chi connectivity index (χ2v) is 8.38. The molecule has 0 bridgehead atoms. The summed E-state index contributed by atoms with van der Waals surface area (Å²) in [5, 5.41) is 11.2. The summed E-state index contributed by atoms with van der Waals surface area (Å²) < 4.78 is 2.43. The molecule has 6 nitrogen and oxygen atoms in total. The van der Waals surface area contributed by atoms with Crippen molar-refractivity contribution in [1.82, 2.24) is 4.90 Å². The quantitative estimate of drug-likeness (QED) is 0.129. The van der Waals surface area contributed by atoms with Gasteiger partial charge < -0.3 is 16.6 Å². The molecule has 29 heavy (non-hydrogen) atoms. The number of allylic oxidation sites excluding steroid dienone is 1. The van der Waals surface area contributed by atoms with Gasteiger partial charge in [-0.25, -0.2) is 4.90 Å². The number of fused-ring (bicyclic) bond motifs is 1. The second kappa shape index (κ2) is 12.7. The summed E-state index contributed by atoms with van der Waals surface area (Å²) in [7, 11) is 0. The minimum atomic E-state index is -0.787. The third-order valence-corrected chi connectivity index (χ3v) is 5.96. The zero-order valence-corrected chi connectivity index (χ0v) is 18.2. The highest BCUT2D eigenvalue weighted by Gasteiger charge is 2.46. The SMILES string of the molecule is C=CCCCCCCCCC1(O)C=CC2=[N+](CCCCCN=C(N)N)CCCN21. The molecular weight excluding hydrogens is 362 g/mol. The van der Waals surface area contributed by atoms with E-state index in [1.807, 2.05) is 12.2 Å². The Balaban J connectivity index is 1.72. The van der Waals surface area contributed by atoms with Gasteiger partial charge in [-0.1, -0.05) is 31.8 Å². The summed E-state index contributed by atoms with van der Waals surface area (Å²) in [5.74, 6) is 1.38. The molecule has 0 saturated heterocycles. The second-order valence-electron chi connectivity index (χ2n) is 8.38. The fourth-order valence-electron chi connectivity index (χ4n) is 4.33. The number of rotatable bonds is 15. The highest BCUT2D eigenvalue weighted by molar-refractivity contribution is 5.92. The van der Waals surface area contributed by atoms with Gasteiger partial charge in [0.05, 0.1) is 19.6 Å². The van der Waals surface area contributed by atoms with E-state index in [9.17, 15) is 5.11 Å². The molecule has 0 saturated carbocycles. The van der Waals surface area contributed by atoms with E-state index < -0.39 is 5.72 Å². The van der Waals surface area contributed by atoms with Crippen LogP contribution in [0.3, 0.4) is 0 Å². The summed E-state index contributed by atoms with van der Waals surface area (Å²) >= 11 is 0. The minimum Gasteiger partial charge on any atom is -0.370 e. The average Bonchev–Trinajstić information content (AvgIpc) is 3.04. The lowest BCUT2D eigenvalue weighted by atomic mass is 10.0. The fourth-order valence-corrected chi connectivity index (χ4v) is 4.33. The number of guanidine groups is 1. The van der Waals surface area contributed by atoms with Crippen LogP contribution in [0.1, 0.15) is 77.0 Å². The molecule has 164 valence electrons. The summed E-state index contributed by atoms with van der Waals surface area (Å²) in [5.41, 5.74) is 9.93. The summed E-state index contributed by atoms with van der Waals surface area (Å²) in [6, 6.07) is 0. The lowest BCUT2D eigenvalue weighted by Crippen LogP contribution is -2.52. The third kappa shape index (κ3) is 7.84. The normalized spacial score (nSPS) is 20.8. The molecule has 0 fully saturated rings. The van der Waals surface area contributed by atoms with Crippen molar-refractivity contribution >= 4 is 11.8 Å². The van der Waals surface area contributed by atoms with Gasteiger partial charge in [0.25, 0.3) is 5.84 Å². The van der Waals surface area contributed by atoms with E-state index in [1.54, 1.807) is 0 Å². The Morgan fingerprint density at radius 3 is 2.62 bits per heavy atom. The zero-order chi connectivity index (χ0) is 21.0. The average molecular weight is 405 g/mol. The van der Waals surface area contributed by atoms with Crippen LogP contribution in [0.5, 0.6) is 0 Å². The van der Waals surface area contributed by atoms with Gasteiger partial charge >= 0.3 is 0 Å². The first kappa shape index (κ1) is 23.5. The molecule has 6 heteroatoms. The van der Waals surface area contributed by atoms with Gasteiger partial charge in [-0.2, -0.15) is 0 Å². The van der Waals surface area contributed by atoms with Crippen LogP contribution >= 0.6 is 0 Å². The van der Waals surface area contributed by atoms with Crippen LogP contribution in [0.2, 0.25) is 0 Å². The van der Waals surface area contributed by atoms with Gasteiger partial charge in [-0.05, 0) is 44.6 Å². The minimum absolute atomic E-state index is 0.176. The molecule has 5 N–H and O–H groups in total. The fraction of sp³-hybridized carbons (Fsp3) is 0.739. The van der Waals surface area contributed by atoms with Crippen LogP contribution in [-0.2, 0) is 0 Å². The Bertz CT molecular complexity index is 594. The van der Waals surface area contributed by atoms with Gasteiger partial charge in [0.1, 0.15) is 0 Å². The van der Waals surface area contributed by atoms with Gasteiger partial charge in [0, 0.05) is 25.5 Å². The number of unbranched alkanes of at least 4 members (excludes halogenated alkanes) is 8. The lowest BCUT2D eigenvalue weighted by molar-refractivity contribution is -0.539. The van der Waals surface area contributed by atoms with Crippen molar-refractivity contribution in [2.24, 2.45) is 16.5 Å². The maximum atomic E-state index is 11.2. The number of amidine groups is 1. The van der Waals surface area contributed by atoms with Crippen molar-refractivity contribution in [2.45, 2.75) is 82.8 Å². The predicted octanol–water partition coefficient (Wildman–Crippen LogP) is 3.11. The van der Waals surface area contributed by atoms with Gasteiger partial charge in [-0.15, -0.1) is 6.58 Å². The van der Waals surface area contributed by atoms with E-state index in [0.29, 0.717) is 6.54 Å². The van der Waals surface area contributed by atoms with Crippen LogP contribution in [0.4, 0.5) is 0 Å². The van der Waals surface area contributed by atoms with E-state index in [1.165, 1.54) is 37.9 Å². The molecule has 2 aliphatic heterocycles. The van der Waals surface area contributed by atoms with Crippen molar-refractivity contribution in [2.75, 3.05) is 26.2 Å². The first-order valence-electron chi connectivity index (χ1n) is 11.5. The van der Waals surface area contributed by atoms with Gasteiger partial charge in [0.15, 0.2) is 5.96 Å². The number of nitrogens with two attached hydrogens (primary N) is 2. The molecule has 1 unspecified atom stereocenters. The molecule has 0 aromatic carbocycles. The number of hydrogen-bond acceptors (Lipinski definition) is 3. The summed E-state index contributed by atoms with van der Waals surface area (Å²) in [6.07, 6.45) is 19.8. The molecular formula is C23H42N5O+. The van der Waals surface area contributed by atoms with Crippen LogP contribution in [0, 0.1) is 0 Å². The number of aliphatic imine (C=N–C) groups is 1. The van der Waals surface area contributed by atoms with Crippen LogP contribution in [0.25, 0.3) is 0 Å². The zero-order valence-electron chi connectivity index (χ0n) is 18.2. The van der Waals surface area contributed by atoms with Crippen molar-refractivity contribution in [3.63, 3.8) is 0 Å². The lowest BCUT2D eigenvalue weighted by Gasteiger charge is -2.32. The first-order chi connectivity index (χ1) is 14.1. The smallest absolute Gasteiger partial charge is 0.274 e. The molecule has 2 rings (SSSR count). The van der Waals surface area contributed by atoms with Crippen LogP contribution in [0.15, 0.2) is 29.8 Å². The van der Waals surface area contributed by atoms with Crippen LogP contribution in [-0.4, -0.2) is 58.3 Å². The topological polar surface area (TPSA) is 90.9 Å². The van der Waals surface area contributed by atoms with E-state index >= 15 is 0 Å². The van der Waals surface area contributed by atoms with Crippen molar-refractivity contribution < 1.29 is 9.68 Å². The van der Waals surface area contributed by atoms with E-state index in [-0.39, 0.29) is 5.96 Å². The van der Waals surface area contributed by atoms with Gasteiger partial charge in [0.2, 0.25) is 5.72 Å². The largest absolute Gasteiger partial charge is 0.370 e. The Labute approximate surface area is 177 Å². The summed E-state index contributed by atoms with van der Waals surface area (Å²) in [4.78, 5) is 6.26. The molecule has 0 aromatic rings. The summed E-state index contributed by atoms with van der Waals surface area (Å²) in [6.45, 7) is 7.53. The van der Waals surface area contributed by atoms with Crippen molar-refractivity contribution in [3.05, 3.63) is 24.8 Å². The molecule has 1 atom stereocenters. The monoisotopic (exact) mass is 404 g/mol. The Kier molecular flexibility index (Phi) is 10.3. The van der Waals surface area contributed by atoms with Crippen molar-refractivity contribution in [1.29, 1.82) is 0 Å². The molecule has 0 aromatic heterocycles. The number of aliphatic hydroxyl groups is 1. The first-order valence-corrected chi connectivity index (χ1v) is 11.5. The Hall–Kier alpha value is -1.82. The molecule has 0 spiro atoms. The molecule has 0 radical (unpaired) electrons. The Morgan fingerprint density at radius 2 is 1.86 bits per heavy atom. The van der Waals surface area contributed by atoms with Crippen LogP contribution < -0.4 is 11.5 Å². The van der Waals surface area contributed by atoms with Crippen molar-refractivity contribution in [3.8, 4) is 0 Å².